The van der Waals surface area contributed by atoms with Gasteiger partial charge < -0.3 is 20.6 Å². The molecule has 1 amide bonds. The van der Waals surface area contributed by atoms with Gasteiger partial charge in [0.1, 0.15) is 17.3 Å². The van der Waals surface area contributed by atoms with Crippen LogP contribution in [0.2, 0.25) is 0 Å². The van der Waals surface area contributed by atoms with Crippen LogP contribution < -0.4 is 10.6 Å². The van der Waals surface area contributed by atoms with Crippen LogP contribution >= 0.6 is 0 Å². The Morgan fingerprint density at radius 3 is 2.81 bits per heavy atom. The number of carbonyl (C=O) groups is 1. The molecule has 1 aromatic carbocycles. The van der Waals surface area contributed by atoms with E-state index in [0.717, 1.165) is 84.9 Å². The third-order valence-electron chi connectivity index (χ3n) is 8.40. The molecule has 1 fully saturated rings. The number of likely N-dealkylation sites (N-methyl/N-ethyl adjacent to an activating group) is 1. The number of rotatable bonds is 9. The highest BCUT2D eigenvalue weighted by atomic mass is 16.1. The Kier molecular flexibility index (Phi) is 8.96. The number of hydrogen-bond donors (Lipinski definition) is 4. The summed E-state index contributed by atoms with van der Waals surface area (Å²) in [6, 6.07) is 10.9. The van der Waals surface area contributed by atoms with Crippen molar-refractivity contribution in [2.45, 2.75) is 57.4 Å². The van der Waals surface area contributed by atoms with E-state index in [1.807, 2.05) is 24.5 Å². The number of imidazole rings is 2. The summed E-state index contributed by atoms with van der Waals surface area (Å²) in [6.45, 7) is 2.16. The summed E-state index contributed by atoms with van der Waals surface area (Å²) in [4.78, 5) is 35.2. The van der Waals surface area contributed by atoms with Gasteiger partial charge in [0, 0.05) is 41.5 Å². The standard InChI is InChI=1S/C34H40N8O/c1-35-22-32(43)36-17-4-3-10-31-38-21-29(39-31)25-13-15-26(37-20-25)14-11-23-12-16-27-24(19-23)7-5-8-28-33(27)41-34(40-28)30-9-6-18-42(30)2/h12-13,15-16,19-21,30,35H,3-10,17-18,22H2,1-2H3,(H,36,43)(H,38,39)(H,40,41). The number of pyridine rings is 1. The van der Waals surface area contributed by atoms with Crippen molar-refractivity contribution in [1.82, 2.24) is 40.5 Å². The van der Waals surface area contributed by atoms with Crippen molar-refractivity contribution in [3.05, 3.63) is 76.9 Å². The molecule has 4 N–H and O–H groups in total. The number of aromatic amines is 2. The average Bonchev–Trinajstić information content (AvgIpc) is 3.75. The number of benzene rings is 1. The number of amides is 1. The fourth-order valence-corrected chi connectivity index (χ4v) is 6.08. The fourth-order valence-electron chi connectivity index (χ4n) is 6.08. The second-order valence-corrected chi connectivity index (χ2v) is 11.6. The number of aromatic nitrogens is 5. The van der Waals surface area contributed by atoms with Crippen molar-refractivity contribution in [1.29, 1.82) is 0 Å². The molecule has 9 heteroatoms. The molecule has 3 aromatic heterocycles. The smallest absolute Gasteiger partial charge is 0.233 e. The second-order valence-electron chi connectivity index (χ2n) is 11.6. The number of carbonyl (C=O) groups excluding carboxylic acids is 1. The van der Waals surface area contributed by atoms with E-state index in [9.17, 15) is 4.79 Å². The lowest BCUT2D eigenvalue weighted by Gasteiger charge is -2.16. The molecule has 0 bridgehead atoms. The normalized spacial score (nSPS) is 16.2. The van der Waals surface area contributed by atoms with Crippen LogP contribution in [0.4, 0.5) is 0 Å². The molecule has 222 valence electrons. The lowest BCUT2D eigenvalue weighted by molar-refractivity contribution is -0.120. The lowest BCUT2D eigenvalue weighted by atomic mass is 10.00. The summed E-state index contributed by atoms with van der Waals surface area (Å²) in [5.74, 6) is 8.64. The maximum Gasteiger partial charge on any atom is 0.233 e. The predicted octanol–water partition coefficient (Wildman–Crippen LogP) is 4.18. The molecule has 0 saturated carbocycles. The van der Waals surface area contributed by atoms with E-state index in [4.69, 9.17) is 4.98 Å². The fraction of sp³-hybridized carbons (Fsp3) is 0.412. The number of likely N-dealkylation sites (tertiary alicyclic amines) is 1. The number of fused-ring (bicyclic) bond motifs is 3. The van der Waals surface area contributed by atoms with Crippen molar-refractivity contribution in [3.8, 4) is 34.4 Å². The Bertz CT molecular complexity index is 1620. The highest BCUT2D eigenvalue weighted by molar-refractivity contribution is 5.77. The molecule has 0 spiro atoms. The molecular weight excluding hydrogens is 536 g/mol. The van der Waals surface area contributed by atoms with E-state index in [1.165, 1.54) is 29.7 Å². The number of H-pyrrole nitrogens is 2. The quantitative estimate of drug-likeness (QED) is 0.176. The maximum atomic E-state index is 11.5. The van der Waals surface area contributed by atoms with Crippen LogP contribution in [0.1, 0.15) is 72.3 Å². The zero-order valence-electron chi connectivity index (χ0n) is 25.1. The third kappa shape index (κ3) is 6.87. The van der Waals surface area contributed by atoms with Gasteiger partial charge in [-0.15, -0.1) is 0 Å². The van der Waals surface area contributed by atoms with Crippen LogP contribution in [0.5, 0.6) is 0 Å². The summed E-state index contributed by atoms with van der Waals surface area (Å²) in [7, 11) is 3.96. The molecule has 1 aliphatic carbocycles. The van der Waals surface area contributed by atoms with Crippen molar-refractivity contribution in [2.24, 2.45) is 0 Å². The largest absolute Gasteiger partial charge is 0.355 e. The predicted molar refractivity (Wildman–Crippen MR) is 168 cm³/mol. The Morgan fingerprint density at radius 1 is 1.07 bits per heavy atom. The Morgan fingerprint density at radius 2 is 2.00 bits per heavy atom. The number of nitrogens with zero attached hydrogens (tertiary/aromatic N) is 4. The van der Waals surface area contributed by atoms with Crippen molar-refractivity contribution >= 4 is 5.91 Å². The molecule has 4 aromatic rings. The zero-order chi connectivity index (χ0) is 29.6. The van der Waals surface area contributed by atoms with E-state index < -0.39 is 0 Å². The van der Waals surface area contributed by atoms with Crippen LogP contribution in [-0.4, -0.2) is 69.5 Å². The van der Waals surface area contributed by atoms with E-state index in [-0.39, 0.29) is 5.91 Å². The first kappa shape index (κ1) is 28.8. The van der Waals surface area contributed by atoms with Gasteiger partial charge in [-0.1, -0.05) is 12.0 Å². The molecule has 4 heterocycles. The molecule has 2 aliphatic rings. The molecular formula is C34H40N8O. The molecule has 1 atom stereocenters. The molecule has 1 unspecified atom stereocenters. The first-order valence-electron chi connectivity index (χ1n) is 15.4. The van der Waals surface area contributed by atoms with Crippen LogP contribution in [0.15, 0.2) is 42.7 Å². The minimum absolute atomic E-state index is 0.0240. The van der Waals surface area contributed by atoms with Crippen molar-refractivity contribution < 1.29 is 4.79 Å². The first-order valence-corrected chi connectivity index (χ1v) is 15.4. The SMILES string of the molecule is CNCC(=O)NCCCCc1ncc(-c2ccc(C#Cc3ccc4c(c3)CCCc3[nH]c(C5CCCN5C)nc3-4)nc2)[nH]1. The van der Waals surface area contributed by atoms with Gasteiger partial charge in [0.15, 0.2) is 0 Å². The first-order chi connectivity index (χ1) is 21.1. The number of hydrogen-bond acceptors (Lipinski definition) is 6. The Labute approximate surface area is 253 Å². The van der Waals surface area contributed by atoms with Gasteiger partial charge in [-0.25, -0.2) is 15.0 Å². The highest BCUT2D eigenvalue weighted by Crippen LogP contribution is 2.35. The van der Waals surface area contributed by atoms with Gasteiger partial charge in [0.2, 0.25) is 5.91 Å². The minimum Gasteiger partial charge on any atom is -0.355 e. The monoisotopic (exact) mass is 576 g/mol. The Hall–Kier alpha value is -4.26. The third-order valence-corrected chi connectivity index (χ3v) is 8.40. The molecule has 6 rings (SSSR count). The van der Waals surface area contributed by atoms with E-state index in [0.29, 0.717) is 19.1 Å². The molecule has 1 aliphatic heterocycles. The topological polar surface area (TPSA) is 115 Å². The zero-order valence-corrected chi connectivity index (χ0v) is 25.1. The van der Waals surface area contributed by atoms with Gasteiger partial charge in [-0.2, -0.15) is 0 Å². The molecule has 43 heavy (non-hydrogen) atoms. The maximum absolute atomic E-state index is 11.5. The van der Waals surface area contributed by atoms with E-state index in [1.54, 1.807) is 7.05 Å². The van der Waals surface area contributed by atoms with Crippen LogP contribution in [0, 0.1) is 11.8 Å². The molecule has 0 radical (unpaired) electrons. The van der Waals surface area contributed by atoms with Gasteiger partial charge in [0.05, 0.1) is 30.2 Å². The molecule has 1 saturated heterocycles. The van der Waals surface area contributed by atoms with Gasteiger partial charge in [-0.3, -0.25) is 9.69 Å². The highest BCUT2D eigenvalue weighted by Gasteiger charge is 2.28. The Balaban J connectivity index is 1.07. The van der Waals surface area contributed by atoms with E-state index >= 15 is 0 Å². The van der Waals surface area contributed by atoms with Crippen molar-refractivity contribution in [2.75, 3.05) is 33.7 Å². The second kappa shape index (κ2) is 13.4. The summed E-state index contributed by atoms with van der Waals surface area (Å²) >= 11 is 0. The summed E-state index contributed by atoms with van der Waals surface area (Å²) in [6.07, 6.45) is 11.9. The lowest BCUT2D eigenvalue weighted by Crippen LogP contribution is -2.32. The van der Waals surface area contributed by atoms with Crippen molar-refractivity contribution in [3.63, 3.8) is 0 Å². The van der Waals surface area contributed by atoms with Gasteiger partial charge in [0.25, 0.3) is 0 Å². The minimum atomic E-state index is 0.0240. The van der Waals surface area contributed by atoms with Gasteiger partial charge >= 0.3 is 0 Å². The van der Waals surface area contributed by atoms with Crippen LogP contribution in [0.3, 0.4) is 0 Å². The number of unbranched alkanes of at least 4 members (excludes halogenated alkanes) is 1. The number of nitrogens with one attached hydrogen (secondary N) is 4. The summed E-state index contributed by atoms with van der Waals surface area (Å²) in [5.41, 5.74) is 8.60. The van der Waals surface area contributed by atoms with Crippen LogP contribution in [0.25, 0.3) is 22.5 Å². The number of aryl methyl sites for hydroxylation is 3. The van der Waals surface area contributed by atoms with Gasteiger partial charge in [-0.05, 0) is 101 Å². The summed E-state index contributed by atoms with van der Waals surface area (Å²) < 4.78 is 0. The average molecular weight is 577 g/mol. The summed E-state index contributed by atoms with van der Waals surface area (Å²) in [5, 5.41) is 5.75. The molecule has 9 nitrogen and oxygen atoms in total. The van der Waals surface area contributed by atoms with E-state index in [2.05, 4.69) is 72.6 Å². The van der Waals surface area contributed by atoms with Crippen LogP contribution in [-0.2, 0) is 24.1 Å².